The van der Waals surface area contributed by atoms with Crippen LogP contribution < -0.4 is 0 Å². The summed E-state index contributed by atoms with van der Waals surface area (Å²) in [5.74, 6) is -1.29. The van der Waals surface area contributed by atoms with E-state index in [0.717, 1.165) is 0 Å². The Bertz CT molecular complexity index is 352. The van der Waals surface area contributed by atoms with Gasteiger partial charge >= 0.3 is 5.97 Å². The molecule has 0 aliphatic carbocycles. The molecule has 14 heavy (non-hydrogen) atoms. The van der Waals surface area contributed by atoms with Crippen molar-refractivity contribution in [1.29, 1.82) is 0 Å². The normalized spacial score (nSPS) is 26.2. The van der Waals surface area contributed by atoms with E-state index in [4.69, 9.17) is 9.15 Å². The van der Waals surface area contributed by atoms with Gasteiger partial charge in [0.25, 0.3) is 0 Å². The summed E-state index contributed by atoms with van der Waals surface area (Å²) in [6.07, 6.45) is 3.06. The van der Waals surface area contributed by atoms with Crippen molar-refractivity contribution in [1.82, 2.24) is 0 Å². The third-order valence-corrected chi connectivity index (χ3v) is 2.29. The van der Waals surface area contributed by atoms with Crippen LogP contribution in [-0.2, 0) is 9.53 Å². The molecule has 74 valence electrons. The van der Waals surface area contributed by atoms with E-state index in [9.17, 15) is 9.59 Å². The Morgan fingerprint density at radius 3 is 2.86 bits per heavy atom. The van der Waals surface area contributed by atoms with Crippen LogP contribution in [0.25, 0.3) is 0 Å². The zero-order chi connectivity index (χ0) is 10.1. The lowest BCUT2D eigenvalue weighted by Crippen LogP contribution is -2.18. The van der Waals surface area contributed by atoms with Gasteiger partial charge in [0.15, 0.2) is 5.78 Å². The molecular formula is C10H10O4. The quantitative estimate of drug-likeness (QED) is 0.406. The molecule has 0 saturated carbocycles. The van der Waals surface area contributed by atoms with Crippen LogP contribution in [0.2, 0.25) is 0 Å². The van der Waals surface area contributed by atoms with Crippen LogP contribution in [0, 0.1) is 5.92 Å². The molecule has 2 rings (SSSR count). The largest absolute Gasteiger partial charge is 0.472 e. The average molecular weight is 194 g/mol. The van der Waals surface area contributed by atoms with Gasteiger partial charge in [-0.1, -0.05) is 0 Å². The molecule has 1 aliphatic rings. The van der Waals surface area contributed by atoms with Gasteiger partial charge in [0.2, 0.25) is 0 Å². The van der Waals surface area contributed by atoms with E-state index < -0.39 is 11.9 Å². The number of ether oxygens (including phenoxy) is 1. The Balaban J connectivity index is 2.17. The van der Waals surface area contributed by atoms with Crippen molar-refractivity contribution >= 4 is 11.8 Å². The monoisotopic (exact) mass is 194 g/mol. The second kappa shape index (κ2) is 3.29. The summed E-state index contributed by atoms with van der Waals surface area (Å²) in [6.45, 7) is 1.78. The van der Waals surface area contributed by atoms with Crippen molar-refractivity contribution in [3.63, 3.8) is 0 Å². The number of carbonyl (C=O) groups excluding carboxylic acids is 2. The van der Waals surface area contributed by atoms with Crippen LogP contribution in [0.4, 0.5) is 0 Å². The number of Topliss-reactive ketones (excluding diaryl/α,β-unsaturated/α-hetero) is 1. The molecule has 0 aromatic carbocycles. The number of ketones is 1. The molecule has 1 fully saturated rings. The fraction of sp³-hybridized carbons (Fsp3) is 0.400. The minimum atomic E-state index is -0.650. The molecule has 1 aromatic rings. The smallest absolute Gasteiger partial charge is 0.317 e. The van der Waals surface area contributed by atoms with E-state index in [2.05, 4.69) is 0 Å². The van der Waals surface area contributed by atoms with Crippen molar-refractivity contribution < 1.29 is 18.7 Å². The summed E-state index contributed by atoms with van der Waals surface area (Å²) in [4.78, 5) is 23.0. The number of rotatable bonds is 2. The number of hydrogen-bond acceptors (Lipinski definition) is 4. The lowest BCUT2D eigenvalue weighted by Gasteiger charge is -2.00. The molecule has 0 unspecified atom stereocenters. The van der Waals surface area contributed by atoms with E-state index in [1.54, 1.807) is 13.0 Å². The number of hydrogen-bond donors (Lipinski definition) is 0. The van der Waals surface area contributed by atoms with Crippen molar-refractivity contribution in [2.75, 3.05) is 0 Å². The van der Waals surface area contributed by atoms with Gasteiger partial charge < -0.3 is 9.15 Å². The molecule has 1 aliphatic heterocycles. The Kier molecular flexibility index (Phi) is 2.11. The summed E-state index contributed by atoms with van der Waals surface area (Å²) >= 11 is 0. The molecule has 0 spiro atoms. The second-order valence-electron chi connectivity index (χ2n) is 3.41. The number of esters is 1. The highest BCUT2D eigenvalue weighted by molar-refractivity contribution is 6.09. The van der Waals surface area contributed by atoms with Gasteiger partial charge in [-0.3, -0.25) is 9.59 Å². The minimum Gasteiger partial charge on any atom is -0.472 e. The molecule has 4 nitrogen and oxygen atoms in total. The zero-order valence-corrected chi connectivity index (χ0v) is 7.73. The van der Waals surface area contributed by atoms with E-state index in [0.29, 0.717) is 12.0 Å². The Labute approximate surface area is 80.8 Å². The van der Waals surface area contributed by atoms with Gasteiger partial charge in [0, 0.05) is 6.42 Å². The Hall–Kier alpha value is -1.58. The molecule has 0 radical (unpaired) electrons. The molecule has 0 amide bonds. The van der Waals surface area contributed by atoms with E-state index in [1.807, 2.05) is 0 Å². The maximum absolute atomic E-state index is 11.7. The first kappa shape index (κ1) is 8.99. The summed E-state index contributed by atoms with van der Waals surface area (Å²) < 4.78 is 9.69. The third-order valence-electron chi connectivity index (χ3n) is 2.29. The predicted octanol–water partition coefficient (Wildman–Crippen LogP) is 1.41. The molecular weight excluding hydrogens is 184 g/mol. The highest BCUT2D eigenvalue weighted by atomic mass is 16.5. The lowest BCUT2D eigenvalue weighted by atomic mass is 9.97. The highest BCUT2D eigenvalue weighted by Gasteiger charge is 2.37. The topological polar surface area (TPSA) is 56.5 Å². The SMILES string of the molecule is C[C@H]1C[C@H](C(=O)c2ccoc2)C(=O)O1. The van der Waals surface area contributed by atoms with E-state index in [-0.39, 0.29) is 11.9 Å². The first-order valence-corrected chi connectivity index (χ1v) is 4.45. The van der Waals surface area contributed by atoms with Crippen molar-refractivity contribution in [3.8, 4) is 0 Å². The Morgan fingerprint density at radius 1 is 1.57 bits per heavy atom. The molecule has 1 aromatic heterocycles. The van der Waals surface area contributed by atoms with Crippen LogP contribution in [0.1, 0.15) is 23.7 Å². The van der Waals surface area contributed by atoms with E-state index in [1.165, 1.54) is 12.5 Å². The van der Waals surface area contributed by atoms with Crippen molar-refractivity contribution in [2.24, 2.45) is 5.92 Å². The number of cyclic esters (lactones) is 1. The van der Waals surface area contributed by atoms with Gasteiger partial charge in [-0.25, -0.2) is 0 Å². The summed E-state index contributed by atoms with van der Waals surface area (Å²) in [7, 11) is 0. The first-order valence-electron chi connectivity index (χ1n) is 4.45. The lowest BCUT2D eigenvalue weighted by molar-refractivity contribution is -0.142. The van der Waals surface area contributed by atoms with Crippen LogP contribution in [0.3, 0.4) is 0 Å². The zero-order valence-electron chi connectivity index (χ0n) is 7.73. The molecule has 2 atom stereocenters. The number of carbonyl (C=O) groups is 2. The maximum atomic E-state index is 11.7. The standard InChI is InChI=1S/C10H10O4/c1-6-4-8(10(12)14-6)9(11)7-2-3-13-5-7/h2-3,5-6,8H,4H2,1H3/t6-,8+/m0/s1. The molecule has 0 N–H and O–H groups in total. The summed E-state index contributed by atoms with van der Waals surface area (Å²) in [6, 6.07) is 1.55. The number of furan rings is 1. The first-order chi connectivity index (χ1) is 6.68. The predicted molar refractivity (Wildman–Crippen MR) is 46.7 cm³/mol. The highest BCUT2D eigenvalue weighted by Crippen LogP contribution is 2.24. The van der Waals surface area contributed by atoms with Crippen molar-refractivity contribution in [2.45, 2.75) is 19.4 Å². The minimum absolute atomic E-state index is 0.164. The second-order valence-corrected chi connectivity index (χ2v) is 3.41. The van der Waals surface area contributed by atoms with Gasteiger partial charge in [-0.05, 0) is 13.0 Å². The van der Waals surface area contributed by atoms with Gasteiger partial charge in [-0.15, -0.1) is 0 Å². The van der Waals surface area contributed by atoms with Crippen LogP contribution in [0.5, 0.6) is 0 Å². The van der Waals surface area contributed by atoms with Crippen LogP contribution in [0.15, 0.2) is 23.0 Å². The van der Waals surface area contributed by atoms with E-state index >= 15 is 0 Å². The fourth-order valence-electron chi connectivity index (χ4n) is 1.58. The molecule has 4 heteroatoms. The van der Waals surface area contributed by atoms with Gasteiger partial charge in [0.1, 0.15) is 18.3 Å². The molecule has 1 saturated heterocycles. The van der Waals surface area contributed by atoms with Crippen LogP contribution in [-0.4, -0.2) is 17.9 Å². The summed E-state index contributed by atoms with van der Waals surface area (Å²) in [5.41, 5.74) is 0.432. The third kappa shape index (κ3) is 1.43. The summed E-state index contributed by atoms with van der Waals surface area (Å²) in [5, 5.41) is 0. The van der Waals surface area contributed by atoms with Gasteiger partial charge in [0.05, 0.1) is 11.8 Å². The van der Waals surface area contributed by atoms with Crippen LogP contribution >= 0.6 is 0 Å². The van der Waals surface area contributed by atoms with Gasteiger partial charge in [-0.2, -0.15) is 0 Å². The van der Waals surface area contributed by atoms with Crippen molar-refractivity contribution in [3.05, 3.63) is 24.2 Å². The molecule has 2 heterocycles. The average Bonchev–Trinajstić information content (AvgIpc) is 2.73. The Morgan fingerprint density at radius 2 is 2.36 bits per heavy atom. The molecule has 0 bridgehead atoms. The maximum Gasteiger partial charge on any atom is 0.317 e. The fourth-order valence-corrected chi connectivity index (χ4v) is 1.58.